The summed E-state index contributed by atoms with van der Waals surface area (Å²) < 4.78 is 10.4. The topological polar surface area (TPSA) is 140 Å². The Morgan fingerprint density at radius 2 is 1.46 bits per heavy atom. The molecule has 10 heteroatoms. The Bertz CT molecular complexity index is 950. The van der Waals surface area contributed by atoms with Crippen molar-refractivity contribution >= 4 is 35.0 Å². The Kier molecular flexibility index (Phi) is 10.3. The normalized spacial score (nSPS) is 15.4. The lowest BCUT2D eigenvalue weighted by molar-refractivity contribution is -0.132. The molecule has 2 rings (SSSR count). The van der Waals surface area contributed by atoms with Crippen molar-refractivity contribution in [2.75, 3.05) is 19.5 Å². The van der Waals surface area contributed by atoms with E-state index in [2.05, 4.69) is 16.0 Å². The third-order valence-electron chi connectivity index (χ3n) is 5.66. The standard InChI is InChI=1S/C25H33N3O7/c1-14(2)22(28-21(31)13-10-18-19(29)11-12-20(18)30)24(33)26-15(3)23(32)27-17-8-6-16(7-9-17)25(34-4)35-5/h6-9,11-12,14-15,18,22,25H,10,13H2,1-5H3,(H,26,33)(H,27,32)(H,28,31)/t15-,22-/m0/s1. The Morgan fingerprint density at radius 1 is 0.886 bits per heavy atom. The molecule has 190 valence electrons. The highest BCUT2D eigenvalue weighted by Crippen LogP contribution is 2.20. The molecule has 0 saturated heterocycles. The molecule has 1 aromatic carbocycles. The number of carbonyl (C=O) groups excluding carboxylic acids is 5. The number of nitrogens with one attached hydrogen (secondary N) is 3. The van der Waals surface area contributed by atoms with Crippen molar-refractivity contribution in [1.82, 2.24) is 10.6 Å². The molecule has 1 aliphatic carbocycles. The molecule has 0 radical (unpaired) electrons. The van der Waals surface area contributed by atoms with Gasteiger partial charge in [0.25, 0.3) is 0 Å². The Balaban J connectivity index is 1.89. The first-order valence-corrected chi connectivity index (χ1v) is 11.4. The summed E-state index contributed by atoms with van der Waals surface area (Å²) in [5, 5.41) is 7.99. The molecular formula is C25H33N3O7. The van der Waals surface area contributed by atoms with Gasteiger partial charge in [-0.3, -0.25) is 24.0 Å². The molecule has 0 saturated carbocycles. The molecule has 0 heterocycles. The van der Waals surface area contributed by atoms with E-state index in [1.54, 1.807) is 38.1 Å². The van der Waals surface area contributed by atoms with Crippen LogP contribution < -0.4 is 16.0 Å². The van der Waals surface area contributed by atoms with Gasteiger partial charge in [-0.25, -0.2) is 0 Å². The van der Waals surface area contributed by atoms with E-state index in [0.717, 1.165) is 5.56 Å². The van der Waals surface area contributed by atoms with Gasteiger partial charge in [-0.05, 0) is 43.5 Å². The van der Waals surface area contributed by atoms with Crippen LogP contribution in [0.25, 0.3) is 0 Å². The fourth-order valence-electron chi connectivity index (χ4n) is 3.59. The van der Waals surface area contributed by atoms with E-state index in [1.165, 1.54) is 33.3 Å². The number of hydrogen-bond acceptors (Lipinski definition) is 7. The van der Waals surface area contributed by atoms with Crippen LogP contribution in [-0.2, 0) is 33.4 Å². The van der Waals surface area contributed by atoms with Crippen LogP contribution in [0.2, 0.25) is 0 Å². The Labute approximate surface area is 204 Å². The van der Waals surface area contributed by atoms with Crippen LogP contribution in [0.15, 0.2) is 36.4 Å². The number of ketones is 2. The first kappa shape index (κ1) is 27.9. The van der Waals surface area contributed by atoms with Crippen LogP contribution in [0.3, 0.4) is 0 Å². The van der Waals surface area contributed by atoms with Crippen molar-refractivity contribution in [3.8, 4) is 0 Å². The van der Waals surface area contributed by atoms with Crippen LogP contribution in [0.5, 0.6) is 0 Å². The third-order valence-corrected chi connectivity index (χ3v) is 5.66. The van der Waals surface area contributed by atoms with Gasteiger partial charge in [0.1, 0.15) is 12.1 Å². The smallest absolute Gasteiger partial charge is 0.246 e. The van der Waals surface area contributed by atoms with E-state index in [-0.39, 0.29) is 30.3 Å². The Morgan fingerprint density at radius 3 is 1.97 bits per heavy atom. The number of rotatable bonds is 12. The maximum atomic E-state index is 12.8. The summed E-state index contributed by atoms with van der Waals surface area (Å²) in [4.78, 5) is 61.1. The van der Waals surface area contributed by atoms with Gasteiger partial charge in [0.2, 0.25) is 17.7 Å². The number of allylic oxidation sites excluding steroid dienone is 2. The van der Waals surface area contributed by atoms with Crippen LogP contribution >= 0.6 is 0 Å². The van der Waals surface area contributed by atoms with Crippen molar-refractivity contribution in [1.29, 1.82) is 0 Å². The zero-order chi connectivity index (χ0) is 26.1. The lowest BCUT2D eigenvalue weighted by Crippen LogP contribution is -2.53. The quantitative estimate of drug-likeness (QED) is 0.301. The monoisotopic (exact) mass is 487 g/mol. The van der Waals surface area contributed by atoms with Gasteiger partial charge >= 0.3 is 0 Å². The fourth-order valence-corrected chi connectivity index (χ4v) is 3.59. The molecule has 0 unspecified atom stereocenters. The molecular weight excluding hydrogens is 454 g/mol. The fraction of sp³-hybridized carbons (Fsp3) is 0.480. The number of benzene rings is 1. The van der Waals surface area contributed by atoms with Gasteiger partial charge in [0, 0.05) is 31.9 Å². The highest BCUT2D eigenvalue weighted by Gasteiger charge is 2.30. The van der Waals surface area contributed by atoms with Gasteiger partial charge in [-0.2, -0.15) is 0 Å². The molecule has 0 spiro atoms. The molecule has 10 nitrogen and oxygen atoms in total. The van der Waals surface area contributed by atoms with Crippen LogP contribution in [-0.4, -0.2) is 55.6 Å². The average molecular weight is 488 g/mol. The summed E-state index contributed by atoms with van der Waals surface area (Å²) in [6.45, 7) is 5.06. The van der Waals surface area contributed by atoms with Crippen molar-refractivity contribution < 1.29 is 33.4 Å². The van der Waals surface area contributed by atoms with Crippen molar-refractivity contribution in [3.63, 3.8) is 0 Å². The predicted molar refractivity (Wildman–Crippen MR) is 128 cm³/mol. The van der Waals surface area contributed by atoms with Gasteiger partial charge in [0.15, 0.2) is 17.9 Å². The second-order valence-corrected chi connectivity index (χ2v) is 8.66. The molecule has 0 bridgehead atoms. The molecule has 3 N–H and O–H groups in total. The number of ether oxygens (including phenoxy) is 2. The van der Waals surface area contributed by atoms with Crippen molar-refractivity contribution in [3.05, 3.63) is 42.0 Å². The van der Waals surface area contributed by atoms with Crippen molar-refractivity contribution in [2.24, 2.45) is 11.8 Å². The predicted octanol–water partition coefficient (Wildman–Crippen LogP) is 1.67. The minimum Gasteiger partial charge on any atom is -0.352 e. The molecule has 3 amide bonds. The molecule has 35 heavy (non-hydrogen) atoms. The second-order valence-electron chi connectivity index (χ2n) is 8.66. The summed E-state index contributed by atoms with van der Waals surface area (Å²) >= 11 is 0. The van der Waals surface area contributed by atoms with Crippen LogP contribution in [0.1, 0.15) is 45.5 Å². The first-order chi connectivity index (χ1) is 16.6. The number of amides is 3. The number of hydrogen-bond donors (Lipinski definition) is 3. The summed E-state index contributed by atoms with van der Waals surface area (Å²) in [6.07, 6.45) is 1.92. The number of carbonyl (C=O) groups is 5. The minimum atomic E-state index is -0.884. The number of anilines is 1. The molecule has 1 aromatic rings. The van der Waals surface area contributed by atoms with E-state index < -0.39 is 42.0 Å². The van der Waals surface area contributed by atoms with E-state index in [9.17, 15) is 24.0 Å². The van der Waals surface area contributed by atoms with Crippen molar-refractivity contribution in [2.45, 2.75) is 52.0 Å². The second kappa shape index (κ2) is 12.9. The highest BCUT2D eigenvalue weighted by atomic mass is 16.7. The van der Waals surface area contributed by atoms with E-state index in [1.807, 2.05) is 0 Å². The molecule has 0 fully saturated rings. The van der Waals surface area contributed by atoms with Gasteiger partial charge in [0.05, 0.1) is 5.92 Å². The third kappa shape index (κ3) is 7.83. The molecule has 0 aliphatic heterocycles. The van der Waals surface area contributed by atoms with Crippen LogP contribution in [0.4, 0.5) is 5.69 Å². The lowest BCUT2D eigenvalue weighted by Gasteiger charge is -2.24. The van der Waals surface area contributed by atoms with Crippen LogP contribution in [0, 0.1) is 11.8 Å². The van der Waals surface area contributed by atoms with Gasteiger partial charge in [-0.15, -0.1) is 0 Å². The summed E-state index contributed by atoms with van der Waals surface area (Å²) in [5.41, 5.74) is 1.31. The lowest BCUT2D eigenvalue weighted by atomic mass is 9.98. The number of methoxy groups -OCH3 is 2. The van der Waals surface area contributed by atoms with Gasteiger partial charge in [-0.1, -0.05) is 26.0 Å². The largest absolute Gasteiger partial charge is 0.352 e. The zero-order valence-corrected chi connectivity index (χ0v) is 20.6. The maximum absolute atomic E-state index is 12.8. The molecule has 0 aromatic heterocycles. The van der Waals surface area contributed by atoms with Gasteiger partial charge < -0.3 is 25.4 Å². The summed E-state index contributed by atoms with van der Waals surface area (Å²) in [6, 6.07) is 5.14. The SMILES string of the molecule is COC(OC)c1ccc(NC(=O)[C@H](C)NC(=O)[C@@H](NC(=O)CCC2C(=O)C=CC2=O)C(C)C)cc1. The summed E-state index contributed by atoms with van der Waals surface area (Å²) in [7, 11) is 3.05. The zero-order valence-electron chi connectivity index (χ0n) is 20.6. The highest BCUT2D eigenvalue weighted by molar-refractivity contribution is 6.18. The first-order valence-electron chi connectivity index (χ1n) is 11.4. The summed E-state index contributed by atoms with van der Waals surface area (Å²) in [5.74, 6) is -3.11. The average Bonchev–Trinajstić information content (AvgIpc) is 3.14. The molecule has 1 aliphatic rings. The van der Waals surface area contributed by atoms with E-state index >= 15 is 0 Å². The maximum Gasteiger partial charge on any atom is 0.246 e. The van der Waals surface area contributed by atoms with E-state index in [4.69, 9.17) is 9.47 Å². The molecule has 2 atom stereocenters. The van der Waals surface area contributed by atoms with E-state index in [0.29, 0.717) is 5.69 Å². The minimum absolute atomic E-state index is 0.0701. The Hall–Kier alpha value is -3.37.